The highest BCUT2D eigenvalue weighted by Crippen LogP contribution is 2.43. The Morgan fingerprint density at radius 3 is 2.93 bits per heavy atom. The summed E-state index contributed by atoms with van der Waals surface area (Å²) in [6.45, 7) is 0.497. The standard InChI is InChI=1S/C18H16ClF2N5O2S2/c1-28-18(27)12-11-6-8(25-30-22)7-26(11)16(17-23-4-5-29-17)24-15(12)9-2-3-10(20)14(21)13(9)19/h2-5,8,15,25H,6-7,22H2,1H3/t8-,15-/m0/s1. The second-order valence-electron chi connectivity index (χ2n) is 6.56. The number of hydrogen-bond donors (Lipinski definition) is 2. The van der Waals surface area contributed by atoms with Gasteiger partial charge in [0.2, 0.25) is 0 Å². The van der Waals surface area contributed by atoms with Crippen LogP contribution in [0.25, 0.3) is 0 Å². The SMILES string of the molecule is COC(=O)C1=C2C[C@H](NSN)CN2C(c2nccs2)=N[C@H]1c1ccc(F)c(F)c1Cl. The van der Waals surface area contributed by atoms with E-state index in [0.29, 0.717) is 29.5 Å². The summed E-state index contributed by atoms with van der Waals surface area (Å²) in [6, 6.07) is 1.24. The Morgan fingerprint density at radius 1 is 1.47 bits per heavy atom. The molecule has 0 bridgehead atoms. The Labute approximate surface area is 184 Å². The molecule has 158 valence electrons. The van der Waals surface area contributed by atoms with Crippen LogP contribution in [0.1, 0.15) is 23.0 Å². The molecule has 1 aromatic carbocycles. The highest BCUT2D eigenvalue weighted by Gasteiger charge is 2.42. The second-order valence-corrected chi connectivity index (χ2v) is 8.30. The van der Waals surface area contributed by atoms with E-state index >= 15 is 0 Å². The van der Waals surface area contributed by atoms with Gasteiger partial charge >= 0.3 is 5.97 Å². The van der Waals surface area contributed by atoms with E-state index in [9.17, 15) is 13.6 Å². The summed E-state index contributed by atoms with van der Waals surface area (Å²) in [5, 5.41) is 7.56. The number of halogens is 3. The lowest BCUT2D eigenvalue weighted by Gasteiger charge is -2.31. The number of ether oxygens (including phenoxy) is 1. The van der Waals surface area contributed by atoms with Crippen LogP contribution in [0.4, 0.5) is 8.78 Å². The zero-order chi connectivity index (χ0) is 21.4. The van der Waals surface area contributed by atoms with Crippen molar-refractivity contribution >= 4 is 46.9 Å². The molecule has 3 N–H and O–H groups in total. The highest BCUT2D eigenvalue weighted by molar-refractivity contribution is 7.95. The Bertz CT molecular complexity index is 1050. The Kier molecular flexibility index (Phi) is 6.07. The van der Waals surface area contributed by atoms with Gasteiger partial charge in [-0.1, -0.05) is 17.7 Å². The smallest absolute Gasteiger partial charge is 0.338 e. The summed E-state index contributed by atoms with van der Waals surface area (Å²) in [5.74, 6) is -2.38. The highest BCUT2D eigenvalue weighted by atomic mass is 35.5. The Morgan fingerprint density at radius 2 is 2.27 bits per heavy atom. The van der Waals surface area contributed by atoms with Crippen LogP contribution < -0.4 is 9.86 Å². The van der Waals surface area contributed by atoms with Crippen LogP contribution >= 0.6 is 35.1 Å². The predicted octanol–water partition coefficient (Wildman–Crippen LogP) is 3.19. The zero-order valence-electron chi connectivity index (χ0n) is 15.6. The molecule has 4 rings (SSSR count). The molecule has 0 amide bonds. The average Bonchev–Trinajstić information content (AvgIpc) is 3.41. The monoisotopic (exact) mass is 471 g/mol. The van der Waals surface area contributed by atoms with Gasteiger partial charge in [0.1, 0.15) is 6.04 Å². The number of fused-ring (bicyclic) bond motifs is 1. The molecule has 0 unspecified atom stereocenters. The molecule has 1 fully saturated rings. The van der Waals surface area contributed by atoms with Gasteiger partial charge in [-0.25, -0.2) is 23.3 Å². The first-order chi connectivity index (χ1) is 14.5. The molecule has 0 aliphatic carbocycles. The molecule has 30 heavy (non-hydrogen) atoms. The maximum absolute atomic E-state index is 14.2. The van der Waals surface area contributed by atoms with Gasteiger partial charge in [-0.3, -0.25) is 10.1 Å². The molecular weight excluding hydrogens is 456 g/mol. The third kappa shape index (κ3) is 3.60. The Hall–Kier alpha value is -2.05. The first-order valence-electron chi connectivity index (χ1n) is 8.77. The van der Waals surface area contributed by atoms with Gasteiger partial charge in [0.15, 0.2) is 22.5 Å². The first-order valence-corrected chi connectivity index (χ1v) is 10.9. The molecule has 1 aromatic heterocycles. The summed E-state index contributed by atoms with van der Waals surface area (Å²) in [7, 11) is 1.25. The van der Waals surface area contributed by atoms with E-state index in [2.05, 4.69) is 9.71 Å². The van der Waals surface area contributed by atoms with Crippen molar-refractivity contribution in [2.45, 2.75) is 18.5 Å². The molecule has 0 saturated carbocycles. The van der Waals surface area contributed by atoms with Gasteiger partial charge in [-0.15, -0.1) is 11.3 Å². The van der Waals surface area contributed by atoms with Crippen LogP contribution in [0, 0.1) is 11.6 Å². The molecule has 1 saturated heterocycles. The molecule has 2 aliphatic heterocycles. The van der Waals surface area contributed by atoms with E-state index in [4.69, 9.17) is 26.5 Å². The number of rotatable bonds is 5. The van der Waals surface area contributed by atoms with Crippen molar-refractivity contribution < 1.29 is 18.3 Å². The summed E-state index contributed by atoms with van der Waals surface area (Å²) in [4.78, 5) is 23.7. The maximum Gasteiger partial charge on any atom is 0.338 e. The number of nitrogens with zero attached hydrogens (tertiary/aromatic N) is 3. The predicted molar refractivity (Wildman–Crippen MR) is 112 cm³/mol. The number of thiazole rings is 1. The fourth-order valence-corrected chi connectivity index (χ4v) is 4.87. The normalized spacial score (nSPS) is 21.0. The van der Waals surface area contributed by atoms with Crippen molar-refractivity contribution in [3.05, 3.63) is 62.2 Å². The van der Waals surface area contributed by atoms with Gasteiger partial charge in [-0.2, -0.15) is 0 Å². The van der Waals surface area contributed by atoms with Gasteiger partial charge in [0.25, 0.3) is 0 Å². The van der Waals surface area contributed by atoms with Crippen LogP contribution in [-0.4, -0.2) is 41.4 Å². The van der Waals surface area contributed by atoms with Crippen LogP contribution in [0.2, 0.25) is 5.02 Å². The van der Waals surface area contributed by atoms with E-state index in [0.717, 1.165) is 18.2 Å². The molecule has 12 heteroatoms. The minimum atomic E-state index is -1.19. The number of aliphatic imine (C=N–C) groups is 1. The summed E-state index contributed by atoms with van der Waals surface area (Å²) < 4.78 is 36.0. The van der Waals surface area contributed by atoms with Crippen molar-refractivity contribution in [2.75, 3.05) is 13.7 Å². The number of benzene rings is 1. The molecular formula is C18H16ClF2N5O2S2. The van der Waals surface area contributed by atoms with Gasteiger partial charge in [0.05, 0.1) is 17.7 Å². The number of carbonyl (C=O) groups excluding carboxylic acids is 1. The molecule has 0 radical (unpaired) electrons. The molecule has 3 heterocycles. The number of carbonyl (C=O) groups is 1. The van der Waals surface area contributed by atoms with Gasteiger partial charge in [0, 0.05) is 54.0 Å². The minimum Gasteiger partial charge on any atom is -0.466 e. The number of methoxy groups -OCH3 is 1. The first kappa shape index (κ1) is 21.2. The summed E-state index contributed by atoms with van der Waals surface area (Å²) in [6.07, 6.45) is 2.10. The third-order valence-corrected chi connectivity index (χ3v) is 6.51. The van der Waals surface area contributed by atoms with Crippen LogP contribution in [0.3, 0.4) is 0 Å². The van der Waals surface area contributed by atoms with Gasteiger partial charge in [-0.05, 0) is 6.07 Å². The summed E-state index contributed by atoms with van der Waals surface area (Å²) >= 11 is 8.48. The third-order valence-electron chi connectivity index (χ3n) is 4.88. The van der Waals surface area contributed by atoms with Crippen LogP contribution in [-0.2, 0) is 9.53 Å². The van der Waals surface area contributed by atoms with E-state index < -0.39 is 28.7 Å². The van der Waals surface area contributed by atoms with Crippen molar-refractivity contribution in [3.63, 3.8) is 0 Å². The molecule has 7 nitrogen and oxygen atoms in total. The van der Waals surface area contributed by atoms with E-state index in [1.807, 2.05) is 4.90 Å². The second kappa shape index (κ2) is 8.60. The lowest BCUT2D eigenvalue weighted by molar-refractivity contribution is -0.136. The molecule has 2 atom stereocenters. The van der Waals surface area contributed by atoms with Crippen molar-refractivity contribution in [2.24, 2.45) is 10.1 Å². The van der Waals surface area contributed by atoms with E-state index in [1.165, 1.54) is 24.5 Å². The number of nitrogens with two attached hydrogens (primary N) is 1. The molecule has 2 aromatic rings. The fourth-order valence-electron chi connectivity index (χ4n) is 3.62. The van der Waals surface area contributed by atoms with Gasteiger partial charge < -0.3 is 9.64 Å². The van der Waals surface area contributed by atoms with Crippen molar-refractivity contribution in [3.8, 4) is 0 Å². The molecule has 0 spiro atoms. The fraction of sp³-hybridized carbons (Fsp3) is 0.278. The zero-order valence-corrected chi connectivity index (χ0v) is 18.0. The topological polar surface area (TPSA) is 92.8 Å². The number of hydrogen-bond acceptors (Lipinski definition) is 9. The minimum absolute atomic E-state index is 0.0704. The lowest BCUT2D eigenvalue weighted by atomic mass is 9.94. The van der Waals surface area contributed by atoms with Crippen molar-refractivity contribution in [1.82, 2.24) is 14.6 Å². The Balaban J connectivity index is 1.92. The van der Waals surface area contributed by atoms with E-state index in [1.54, 1.807) is 11.6 Å². The van der Waals surface area contributed by atoms with Crippen LogP contribution in [0.15, 0.2) is 40.0 Å². The van der Waals surface area contributed by atoms with Crippen LogP contribution in [0.5, 0.6) is 0 Å². The number of aromatic nitrogens is 1. The number of nitrogens with one attached hydrogen (secondary N) is 1. The van der Waals surface area contributed by atoms with Crippen molar-refractivity contribution in [1.29, 1.82) is 0 Å². The number of esters is 1. The summed E-state index contributed by atoms with van der Waals surface area (Å²) in [5.41, 5.74) is 1.04. The average molecular weight is 472 g/mol. The lowest BCUT2D eigenvalue weighted by Crippen LogP contribution is -2.37. The molecule has 2 aliphatic rings. The maximum atomic E-state index is 14.2. The van der Waals surface area contributed by atoms with E-state index in [-0.39, 0.29) is 17.2 Å². The quantitative estimate of drug-likeness (QED) is 0.393. The largest absolute Gasteiger partial charge is 0.466 e. The number of amidine groups is 1.